The summed E-state index contributed by atoms with van der Waals surface area (Å²) in [6.07, 6.45) is 10.9. The summed E-state index contributed by atoms with van der Waals surface area (Å²) >= 11 is 0. The fraction of sp³-hybridized carbons (Fsp3) is 0.0625. The number of aromatic amines is 1. The molecule has 0 aliphatic carbocycles. The highest BCUT2D eigenvalue weighted by molar-refractivity contribution is 5.65. The minimum Gasteiger partial charge on any atom is -0.346 e. The number of hydrogen-bond donors (Lipinski definition) is 2. The van der Waals surface area contributed by atoms with Crippen molar-refractivity contribution in [2.75, 3.05) is 5.32 Å². The first kappa shape index (κ1) is 13.1. The Kier molecular flexibility index (Phi) is 3.73. The van der Waals surface area contributed by atoms with Crippen LogP contribution >= 0.6 is 0 Å². The lowest BCUT2D eigenvalue weighted by Crippen LogP contribution is -1.95. The molecule has 0 bridgehead atoms. The quantitative estimate of drug-likeness (QED) is 0.768. The molecule has 0 aromatic carbocycles. The molecule has 0 unspecified atom stereocenters. The van der Waals surface area contributed by atoms with Gasteiger partial charge in [0.15, 0.2) is 0 Å². The van der Waals surface area contributed by atoms with Crippen LogP contribution in [0.4, 0.5) is 5.82 Å². The molecule has 21 heavy (non-hydrogen) atoms. The molecule has 0 aliphatic heterocycles. The molecule has 3 aromatic rings. The van der Waals surface area contributed by atoms with Crippen LogP contribution in [-0.2, 0) is 0 Å². The Morgan fingerprint density at radius 2 is 2.10 bits per heavy atom. The van der Waals surface area contributed by atoms with Gasteiger partial charge in [-0.3, -0.25) is 10.1 Å². The molecular formula is C16H15N5. The van der Waals surface area contributed by atoms with Crippen LogP contribution < -0.4 is 5.32 Å². The third kappa shape index (κ3) is 3.14. The van der Waals surface area contributed by atoms with Gasteiger partial charge in [-0.25, -0.2) is 4.98 Å². The fourth-order valence-electron chi connectivity index (χ4n) is 1.99. The van der Waals surface area contributed by atoms with E-state index in [0.717, 1.165) is 28.2 Å². The molecule has 0 atom stereocenters. The second kappa shape index (κ2) is 6.00. The van der Waals surface area contributed by atoms with Crippen LogP contribution in [0.25, 0.3) is 17.2 Å². The predicted octanol–water partition coefficient (Wildman–Crippen LogP) is 3.26. The van der Waals surface area contributed by atoms with Gasteiger partial charge in [-0.05, 0) is 36.8 Å². The maximum Gasteiger partial charge on any atom is 0.132 e. The van der Waals surface area contributed by atoms with E-state index in [1.165, 1.54) is 0 Å². The lowest BCUT2D eigenvalue weighted by molar-refractivity contribution is 1.08. The third-order valence-corrected chi connectivity index (χ3v) is 3.08. The average Bonchev–Trinajstić information content (AvgIpc) is 3.03. The van der Waals surface area contributed by atoms with Crippen LogP contribution in [0.1, 0.15) is 11.3 Å². The number of hydrogen-bond acceptors (Lipinski definition) is 4. The second-order valence-electron chi connectivity index (χ2n) is 4.62. The minimum absolute atomic E-state index is 0.832. The Labute approximate surface area is 122 Å². The van der Waals surface area contributed by atoms with Crippen LogP contribution in [0.15, 0.2) is 55.3 Å². The summed E-state index contributed by atoms with van der Waals surface area (Å²) in [6.45, 7) is 2.03. The molecule has 5 heteroatoms. The molecule has 3 rings (SSSR count). The van der Waals surface area contributed by atoms with E-state index >= 15 is 0 Å². The molecule has 3 heterocycles. The van der Waals surface area contributed by atoms with E-state index < -0.39 is 0 Å². The Hall–Kier alpha value is -2.95. The molecule has 3 aromatic heterocycles. The van der Waals surface area contributed by atoms with E-state index in [2.05, 4.69) is 31.5 Å². The molecule has 0 amide bonds. The van der Waals surface area contributed by atoms with Gasteiger partial charge in [-0.1, -0.05) is 6.07 Å². The first-order valence-electron chi connectivity index (χ1n) is 6.62. The van der Waals surface area contributed by atoms with E-state index in [9.17, 15) is 0 Å². The topological polar surface area (TPSA) is 66.5 Å². The number of pyridine rings is 2. The molecule has 0 fully saturated rings. The van der Waals surface area contributed by atoms with Crippen molar-refractivity contribution in [2.24, 2.45) is 0 Å². The predicted molar refractivity (Wildman–Crippen MR) is 83.4 cm³/mol. The Morgan fingerprint density at radius 1 is 1.14 bits per heavy atom. The normalized spacial score (nSPS) is 10.9. The van der Waals surface area contributed by atoms with Crippen LogP contribution in [0, 0.1) is 6.92 Å². The fourth-order valence-corrected chi connectivity index (χ4v) is 1.99. The van der Waals surface area contributed by atoms with E-state index in [1.807, 2.05) is 49.8 Å². The van der Waals surface area contributed by atoms with Gasteiger partial charge < -0.3 is 5.32 Å². The van der Waals surface area contributed by atoms with Gasteiger partial charge >= 0.3 is 0 Å². The Bertz CT molecular complexity index is 733. The number of nitrogens with one attached hydrogen (secondary N) is 2. The highest BCUT2D eigenvalue weighted by Crippen LogP contribution is 2.21. The zero-order valence-electron chi connectivity index (χ0n) is 11.6. The molecular weight excluding hydrogens is 262 g/mol. The van der Waals surface area contributed by atoms with Gasteiger partial charge in [0.2, 0.25) is 0 Å². The molecule has 0 saturated carbocycles. The van der Waals surface area contributed by atoms with E-state index in [0.29, 0.717) is 0 Å². The second-order valence-corrected chi connectivity index (χ2v) is 4.62. The summed E-state index contributed by atoms with van der Waals surface area (Å²) in [7, 11) is 0. The van der Waals surface area contributed by atoms with Crippen LogP contribution in [0.5, 0.6) is 0 Å². The lowest BCUT2D eigenvalue weighted by Gasteiger charge is -2.07. The van der Waals surface area contributed by atoms with Crippen molar-refractivity contribution < 1.29 is 0 Å². The Morgan fingerprint density at radius 3 is 2.81 bits per heavy atom. The molecule has 0 spiro atoms. The first-order chi connectivity index (χ1) is 10.3. The first-order valence-corrected chi connectivity index (χ1v) is 6.62. The van der Waals surface area contributed by atoms with Crippen molar-refractivity contribution in [2.45, 2.75) is 6.92 Å². The third-order valence-electron chi connectivity index (χ3n) is 3.08. The van der Waals surface area contributed by atoms with Crippen LogP contribution in [0.3, 0.4) is 0 Å². The largest absolute Gasteiger partial charge is 0.346 e. The van der Waals surface area contributed by atoms with E-state index in [-0.39, 0.29) is 0 Å². The lowest BCUT2D eigenvalue weighted by atomic mass is 10.1. The van der Waals surface area contributed by atoms with Crippen molar-refractivity contribution in [3.05, 3.63) is 66.5 Å². The van der Waals surface area contributed by atoms with Crippen molar-refractivity contribution in [3.8, 4) is 11.1 Å². The van der Waals surface area contributed by atoms with Crippen molar-refractivity contribution in [1.29, 1.82) is 0 Å². The molecule has 2 N–H and O–H groups in total. The highest BCUT2D eigenvalue weighted by atomic mass is 15.1. The van der Waals surface area contributed by atoms with Crippen LogP contribution in [0.2, 0.25) is 0 Å². The minimum atomic E-state index is 0.832. The maximum atomic E-state index is 4.46. The SMILES string of the molecule is Cc1cc(-c2cccnc2)cnc1N/C=C/c1ccn[nH]1. The molecule has 5 nitrogen and oxygen atoms in total. The zero-order chi connectivity index (χ0) is 14.5. The monoisotopic (exact) mass is 277 g/mol. The smallest absolute Gasteiger partial charge is 0.132 e. The number of nitrogens with zero attached hydrogens (tertiary/aromatic N) is 3. The van der Waals surface area contributed by atoms with Gasteiger partial charge in [-0.2, -0.15) is 5.10 Å². The van der Waals surface area contributed by atoms with Crippen LogP contribution in [-0.4, -0.2) is 20.2 Å². The van der Waals surface area contributed by atoms with Gasteiger partial charge in [0.1, 0.15) is 5.82 Å². The van der Waals surface area contributed by atoms with E-state index in [1.54, 1.807) is 12.4 Å². The highest BCUT2D eigenvalue weighted by Gasteiger charge is 2.02. The summed E-state index contributed by atoms with van der Waals surface area (Å²) in [5.74, 6) is 0.832. The molecule has 0 saturated heterocycles. The summed E-state index contributed by atoms with van der Waals surface area (Å²) in [5.41, 5.74) is 4.13. The van der Waals surface area contributed by atoms with Gasteiger partial charge in [0.05, 0.1) is 5.69 Å². The van der Waals surface area contributed by atoms with Crippen molar-refractivity contribution in [1.82, 2.24) is 20.2 Å². The summed E-state index contributed by atoms with van der Waals surface area (Å²) < 4.78 is 0. The zero-order valence-corrected chi connectivity index (χ0v) is 11.6. The number of H-pyrrole nitrogens is 1. The number of aromatic nitrogens is 4. The standard InChI is InChI=1S/C16H15N5/c1-12-9-14(13-3-2-6-17-10-13)11-19-16(12)18-7-4-15-5-8-20-21-15/h2-11H,1H3,(H,18,19)(H,20,21)/b7-4+. The average molecular weight is 277 g/mol. The Balaban J connectivity index is 1.76. The summed E-state index contributed by atoms with van der Waals surface area (Å²) in [6, 6.07) is 7.93. The van der Waals surface area contributed by atoms with Gasteiger partial charge in [0.25, 0.3) is 0 Å². The molecule has 0 aliphatic rings. The number of rotatable bonds is 4. The molecule has 104 valence electrons. The van der Waals surface area contributed by atoms with E-state index in [4.69, 9.17) is 0 Å². The van der Waals surface area contributed by atoms with Gasteiger partial charge in [-0.15, -0.1) is 0 Å². The van der Waals surface area contributed by atoms with Gasteiger partial charge in [0, 0.05) is 42.1 Å². The summed E-state index contributed by atoms with van der Waals surface area (Å²) in [4.78, 5) is 8.58. The number of anilines is 1. The molecule has 0 radical (unpaired) electrons. The van der Waals surface area contributed by atoms with Crippen molar-refractivity contribution >= 4 is 11.9 Å². The van der Waals surface area contributed by atoms with Crippen molar-refractivity contribution in [3.63, 3.8) is 0 Å². The number of aryl methyl sites for hydroxylation is 1. The summed E-state index contributed by atoms with van der Waals surface area (Å²) in [5, 5.41) is 9.92. The maximum absolute atomic E-state index is 4.46.